The third-order valence-electron chi connectivity index (χ3n) is 18.1. The molecular weight excluding hydrogens is 1610 g/mol. The molecule has 1 heterocycles. The zero-order chi connectivity index (χ0) is 87.7. The Labute approximate surface area is 717 Å². The Balaban J connectivity index is 0.000000487. The Bertz CT molecular complexity index is 4080. The molecular formula is C87H124N8O26S. The number of carbonyl (C=O) groups excluding carboxylic acids is 7. The number of ether oxygens (including phenoxy) is 14. The third kappa shape index (κ3) is 47.0. The van der Waals surface area contributed by atoms with Crippen LogP contribution < -0.4 is 43.1 Å². The molecule has 2 atom stereocenters. The zero-order valence-corrected chi connectivity index (χ0v) is 71.2. The average molecular weight is 1730 g/mol. The first-order valence-electron chi connectivity index (χ1n) is 41.4. The number of unbranched alkanes of at least 4 members (excludes halogenated alkanes) is 2. The Morgan fingerprint density at radius 3 is 1.65 bits per heavy atom. The van der Waals surface area contributed by atoms with Crippen LogP contribution >= 0.6 is 12.2 Å². The number of hydrogen-bond acceptors (Lipinski definition) is 29. The maximum atomic E-state index is 13.4. The number of rotatable bonds is 73. The number of isothiocyanates is 1. The SMILES string of the molecule is CC(=O)CCOCCOCCOCCOCCOCCOCCOCCOCCNCOCCNC(=O)C(CCCCNC(=O)CCOCCOCCOCCOCCN=C=S)CC(=O)Cc1ccc2ccccc2c1.CNCCCCC(NC(=O)CCOCCNC(=O)c1ccc(-c2c3ccc(=O)cc-3oc3cc(O)ccc23)c(C(=O)O)c1)C(N)=O. The lowest BCUT2D eigenvalue weighted by Gasteiger charge is -2.17. The van der Waals surface area contributed by atoms with Gasteiger partial charge in [-0.2, -0.15) is 0 Å². The lowest BCUT2D eigenvalue weighted by Crippen LogP contribution is -2.44. The van der Waals surface area contributed by atoms with Gasteiger partial charge in [-0.25, -0.2) is 9.79 Å². The van der Waals surface area contributed by atoms with Gasteiger partial charge < -0.3 is 113 Å². The number of nitrogens with one attached hydrogen (secondary N) is 6. The number of aromatic hydroxyl groups is 1. The fraction of sp³-hybridized carbons (Fsp3) is 0.563. The van der Waals surface area contributed by atoms with Crippen LogP contribution in [0.25, 0.3) is 44.2 Å². The summed E-state index contributed by atoms with van der Waals surface area (Å²) in [6, 6.07) is 26.1. The molecule has 0 bridgehead atoms. The van der Waals surface area contributed by atoms with E-state index in [4.69, 9.17) is 76.5 Å². The minimum atomic E-state index is -1.27. The van der Waals surface area contributed by atoms with Gasteiger partial charge in [-0.15, -0.1) is 0 Å². The summed E-state index contributed by atoms with van der Waals surface area (Å²) in [7, 11) is 1.83. The number of carboxylic acid groups (broad SMARTS) is 1. The van der Waals surface area contributed by atoms with Gasteiger partial charge in [-0.05, 0) is 123 Å². The molecule has 674 valence electrons. The standard InChI is InChI=1S/C54H88N4O17S.C33H36N4O9/c1-47(59)11-17-63-22-26-67-31-34-71-36-38-73-40-41-74-39-37-72-35-33-69-28-24-65-19-14-55-45-75-21-16-58-54(62)51(44-52(60)43-48-9-10-49-6-2-3-7-50(49)42-48)8-4-5-13-57-53(61)12-18-64-23-27-68-30-32-70-29-25-66-20-15-56-46-76;1-35-12-3-2-4-26(31(34)41)37-29(40)11-14-45-15-13-36-32(42)19-5-8-22(25(16-19)33(43)44)30-23-9-6-20(38)17-27(23)46-28-18-21(39)7-10-24(28)30/h2-3,6-7,9-10,42,51,55H,4-5,8,11-41,43-45H2,1H3,(H,57,61)(H,58,62);5-10,16-18,26,35,38H,2-4,11-15H2,1H3,(H2,34,41)(H,36,42)(H,37,40)(H,43,44). The van der Waals surface area contributed by atoms with Crippen molar-refractivity contribution < 1.29 is 119 Å². The maximum absolute atomic E-state index is 13.4. The van der Waals surface area contributed by atoms with Crippen LogP contribution in [0.1, 0.15) is 97.4 Å². The van der Waals surface area contributed by atoms with Crippen molar-refractivity contribution >= 4 is 86.2 Å². The van der Waals surface area contributed by atoms with E-state index in [-0.39, 0.29) is 121 Å². The molecule has 0 aromatic heterocycles. The molecule has 2 aliphatic rings. The highest BCUT2D eigenvalue weighted by Gasteiger charge is 2.26. The van der Waals surface area contributed by atoms with Crippen LogP contribution in [-0.2, 0) is 102 Å². The number of nitrogens with two attached hydrogens (primary N) is 1. The molecule has 1 aliphatic heterocycles. The van der Waals surface area contributed by atoms with E-state index < -0.39 is 29.7 Å². The molecule has 34 nitrogen and oxygen atoms in total. The number of ketones is 2. The minimum Gasteiger partial charge on any atom is -0.508 e. The molecule has 2 unspecified atom stereocenters. The summed E-state index contributed by atoms with van der Waals surface area (Å²) < 4.78 is 82.5. The second-order valence-electron chi connectivity index (χ2n) is 27.6. The van der Waals surface area contributed by atoms with Gasteiger partial charge in [-0.1, -0.05) is 55.0 Å². The highest BCUT2D eigenvalue weighted by Crippen LogP contribution is 2.42. The summed E-state index contributed by atoms with van der Waals surface area (Å²) in [6.07, 6.45) is 4.88. The van der Waals surface area contributed by atoms with Crippen LogP contribution in [0.4, 0.5) is 0 Å². The number of primary amides is 1. The van der Waals surface area contributed by atoms with Gasteiger partial charge in [0.1, 0.15) is 34.7 Å². The molecule has 0 saturated carbocycles. The van der Waals surface area contributed by atoms with E-state index in [0.717, 1.165) is 35.7 Å². The number of carboxylic acids is 1. The summed E-state index contributed by atoms with van der Waals surface area (Å²) >= 11 is 4.50. The number of phenolic OH excluding ortho intramolecular Hbond substituents is 1. The van der Waals surface area contributed by atoms with Crippen LogP contribution in [0.15, 0.2) is 111 Å². The topological polar surface area (TPSA) is 447 Å². The van der Waals surface area contributed by atoms with Crippen molar-refractivity contribution in [1.29, 1.82) is 0 Å². The van der Waals surface area contributed by atoms with E-state index in [2.05, 4.69) is 54.3 Å². The summed E-state index contributed by atoms with van der Waals surface area (Å²) in [6.45, 7) is 15.8. The Morgan fingerprint density at radius 2 is 1.05 bits per heavy atom. The van der Waals surface area contributed by atoms with Gasteiger partial charge >= 0.3 is 5.97 Å². The molecule has 4 aromatic rings. The van der Waals surface area contributed by atoms with Gasteiger partial charge in [0.2, 0.25) is 23.6 Å². The maximum Gasteiger partial charge on any atom is 0.336 e. The molecule has 0 saturated heterocycles. The molecule has 6 rings (SSSR count). The second kappa shape index (κ2) is 66.5. The van der Waals surface area contributed by atoms with Crippen molar-refractivity contribution in [2.24, 2.45) is 16.6 Å². The summed E-state index contributed by atoms with van der Waals surface area (Å²) in [5.41, 5.74) is 7.43. The number of nitrogens with zero attached hydrogens (tertiary/aromatic N) is 1. The monoisotopic (exact) mass is 1730 g/mol. The number of benzene rings is 5. The van der Waals surface area contributed by atoms with Gasteiger partial charge in [0.05, 0.1) is 202 Å². The number of carbonyl (C=O) groups is 8. The largest absolute Gasteiger partial charge is 0.508 e. The van der Waals surface area contributed by atoms with Crippen molar-refractivity contribution in [2.45, 2.75) is 83.6 Å². The normalized spacial score (nSPS) is 11.7. The lowest BCUT2D eigenvalue weighted by molar-refractivity contribution is -0.129. The van der Waals surface area contributed by atoms with E-state index in [9.17, 15) is 53.4 Å². The number of phenols is 1. The molecule has 1 aliphatic carbocycles. The second-order valence-corrected chi connectivity index (χ2v) is 27.8. The average Bonchev–Trinajstić information content (AvgIpc) is 0.747. The number of amides is 5. The molecule has 0 radical (unpaired) electrons. The number of aromatic carboxylic acids is 1. The van der Waals surface area contributed by atoms with E-state index >= 15 is 0 Å². The number of aliphatic imine (C=N–C) groups is 1. The van der Waals surface area contributed by atoms with Crippen LogP contribution in [0.5, 0.6) is 5.75 Å². The predicted octanol–water partition coefficient (Wildman–Crippen LogP) is 6.06. The zero-order valence-electron chi connectivity index (χ0n) is 70.3. The number of fused-ring (bicyclic) bond motifs is 3. The van der Waals surface area contributed by atoms with Gasteiger partial charge in [0, 0.05) is 98.4 Å². The molecule has 122 heavy (non-hydrogen) atoms. The lowest BCUT2D eigenvalue weighted by atomic mass is 9.90. The minimum absolute atomic E-state index is 0.00352. The van der Waals surface area contributed by atoms with Crippen molar-refractivity contribution in [1.82, 2.24) is 31.9 Å². The Kier molecular flexibility index (Phi) is 56.4. The number of Topliss-reactive ketones (excluding diaryl/α,β-unsaturated/α-hetero) is 2. The molecule has 5 amide bonds. The van der Waals surface area contributed by atoms with Crippen LogP contribution in [-0.4, -0.2) is 300 Å². The van der Waals surface area contributed by atoms with Crippen molar-refractivity contribution in [3.8, 4) is 28.2 Å². The smallest absolute Gasteiger partial charge is 0.336 e. The van der Waals surface area contributed by atoms with Crippen molar-refractivity contribution in [3.63, 3.8) is 0 Å². The predicted molar refractivity (Wildman–Crippen MR) is 459 cm³/mol. The fourth-order valence-electron chi connectivity index (χ4n) is 11.8. The van der Waals surface area contributed by atoms with E-state index in [1.54, 1.807) is 19.1 Å². The molecule has 10 N–H and O–H groups in total. The Hall–Kier alpha value is -9.05. The highest BCUT2D eigenvalue weighted by molar-refractivity contribution is 7.78. The molecule has 4 aromatic carbocycles. The van der Waals surface area contributed by atoms with Crippen LogP contribution in [0, 0.1) is 5.92 Å². The first-order valence-corrected chi connectivity index (χ1v) is 41.8. The summed E-state index contributed by atoms with van der Waals surface area (Å²) in [4.78, 5) is 115. The van der Waals surface area contributed by atoms with Crippen molar-refractivity contribution in [2.75, 3.05) is 231 Å². The van der Waals surface area contributed by atoms with Gasteiger partial charge in [-0.3, -0.25) is 43.7 Å². The van der Waals surface area contributed by atoms with Crippen LogP contribution in [0.2, 0.25) is 0 Å². The van der Waals surface area contributed by atoms with E-state index in [1.165, 1.54) is 42.5 Å². The van der Waals surface area contributed by atoms with E-state index in [1.807, 2.05) is 49.5 Å². The van der Waals surface area contributed by atoms with Crippen LogP contribution in [0.3, 0.4) is 0 Å². The van der Waals surface area contributed by atoms with E-state index in [0.29, 0.717) is 240 Å². The summed E-state index contributed by atoms with van der Waals surface area (Å²) in [5.74, 6) is -3.34. The molecule has 0 fully saturated rings. The molecule has 35 heteroatoms. The third-order valence-corrected chi connectivity index (χ3v) is 18.2. The Morgan fingerprint density at radius 1 is 0.516 bits per heavy atom. The first kappa shape index (κ1) is 103. The quantitative estimate of drug-likeness (QED) is 0.00688. The first-order chi connectivity index (χ1) is 59.5. The highest BCUT2D eigenvalue weighted by atomic mass is 32.1. The van der Waals surface area contributed by atoms with Gasteiger partial charge in [0.15, 0.2) is 5.43 Å². The number of hydrogen-bond donors (Lipinski definition) is 9. The number of thiocarbonyl (C=S) groups is 1. The van der Waals surface area contributed by atoms with Gasteiger partial charge in [0.25, 0.3) is 5.91 Å². The molecule has 0 spiro atoms. The van der Waals surface area contributed by atoms with Crippen molar-refractivity contribution in [3.05, 3.63) is 124 Å². The summed E-state index contributed by atoms with van der Waals surface area (Å²) in [5, 5.41) is 42.4. The fourth-order valence-corrected chi connectivity index (χ4v) is 11.9.